The average Bonchev–Trinajstić information content (AvgIpc) is 2.46. The fraction of sp³-hybridized carbons (Fsp3) is 0.188. The normalized spacial score (nSPS) is 10.2. The van der Waals surface area contributed by atoms with Gasteiger partial charge in [0.2, 0.25) is 0 Å². The van der Waals surface area contributed by atoms with Gasteiger partial charge in [-0.1, -0.05) is 6.92 Å². The number of hydrogen-bond donors (Lipinski definition) is 2. The van der Waals surface area contributed by atoms with Gasteiger partial charge in [0, 0.05) is 23.5 Å². The number of phenols is 1. The van der Waals surface area contributed by atoms with Gasteiger partial charge in [-0.3, -0.25) is 4.79 Å². The molecule has 0 atom stereocenters. The molecule has 4 nitrogen and oxygen atoms in total. The summed E-state index contributed by atoms with van der Waals surface area (Å²) in [5.74, 6) is 0.0627. The monoisotopic (exact) mass is 270 g/mol. The number of hydrogen-bond acceptors (Lipinski definition) is 3. The van der Waals surface area contributed by atoms with Crippen LogP contribution in [0.15, 0.2) is 48.5 Å². The summed E-state index contributed by atoms with van der Waals surface area (Å²) in [5, 5.41) is 9.29. The highest BCUT2D eigenvalue weighted by Gasteiger charge is 2.16. The first-order valence-electron chi connectivity index (χ1n) is 6.58. The average molecular weight is 270 g/mol. The minimum Gasteiger partial charge on any atom is -0.508 e. The smallest absolute Gasteiger partial charge is 0.258 e. The predicted molar refractivity (Wildman–Crippen MR) is 80.9 cm³/mol. The number of phenolic OH excluding ortho intramolecular Hbond substituents is 1. The van der Waals surface area contributed by atoms with Crippen LogP contribution in [0.3, 0.4) is 0 Å². The van der Waals surface area contributed by atoms with Crippen molar-refractivity contribution < 1.29 is 9.90 Å². The fourth-order valence-electron chi connectivity index (χ4n) is 1.99. The third-order valence-corrected chi connectivity index (χ3v) is 3.01. The van der Waals surface area contributed by atoms with Crippen LogP contribution in [0.4, 0.5) is 11.4 Å². The summed E-state index contributed by atoms with van der Waals surface area (Å²) in [4.78, 5) is 14.3. The second-order valence-electron chi connectivity index (χ2n) is 4.60. The number of rotatable bonds is 4. The quantitative estimate of drug-likeness (QED) is 0.839. The molecule has 0 radical (unpaired) electrons. The van der Waals surface area contributed by atoms with E-state index in [9.17, 15) is 9.90 Å². The third-order valence-electron chi connectivity index (χ3n) is 3.01. The summed E-state index contributed by atoms with van der Waals surface area (Å²) in [6.07, 6.45) is 0.855. The predicted octanol–water partition coefficient (Wildman–Crippen LogP) is 3.03. The van der Waals surface area contributed by atoms with Crippen LogP contribution in [0.2, 0.25) is 0 Å². The number of nitrogen functional groups attached to an aromatic ring is 1. The van der Waals surface area contributed by atoms with Gasteiger partial charge in [0.1, 0.15) is 5.75 Å². The summed E-state index contributed by atoms with van der Waals surface area (Å²) >= 11 is 0. The second kappa shape index (κ2) is 6.10. The van der Waals surface area contributed by atoms with Crippen LogP contribution in [0.5, 0.6) is 5.75 Å². The Bertz CT molecular complexity index is 576. The molecule has 3 N–H and O–H groups in total. The van der Waals surface area contributed by atoms with Crippen LogP contribution in [0.25, 0.3) is 0 Å². The number of aromatic hydroxyl groups is 1. The van der Waals surface area contributed by atoms with E-state index in [1.165, 1.54) is 12.1 Å². The molecule has 0 saturated heterocycles. The molecule has 0 heterocycles. The molecular weight excluding hydrogens is 252 g/mol. The van der Waals surface area contributed by atoms with Gasteiger partial charge in [0.25, 0.3) is 5.91 Å². The first-order valence-corrected chi connectivity index (χ1v) is 6.58. The van der Waals surface area contributed by atoms with Crippen LogP contribution >= 0.6 is 0 Å². The number of nitrogens with two attached hydrogens (primary N) is 1. The molecule has 0 saturated carbocycles. The molecule has 0 spiro atoms. The highest BCUT2D eigenvalue weighted by molar-refractivity contribution is 6.06. The highest BCUT2D eigenvalue weighted by Crippen LogP contribution is 2.20. The number of carbonyl (C=O) groups is 1. The lowest BCUT2D eigenvalue weighted by Crippen LogP contribution is -2.31. The maximum atomic E-state index is 12.5. The van der Waals surface area contributed by atoms with E-state index >= 15 is 0 Å². The highest BCUT2D eigenvalue weighted by atomic mass is 16.3. The molecule has 0 aromatic heterocycles. The Morgan fingerprint density at radius 3 is 2.25 bits per heavy atom. The van der Waals surface area contributed by atoms with Crippen molar-refractivity contribution in [1.82, 2.24) is 0 Å². The van der Waals surface area contributed by atoms with Crippen LogP contribution in [0.1, 0.15) is 23.7 Å². The van der Waals surface area contributed by atoms with Gasteiger partial charge in [-0.25, -0.2) is 0 Å². The minimum absolute atomic E-state index is 0.0865. The minimum atomic E-state index is -0.0865. The molecule has 4 heteroatoms. The van der Waals surface area contributed by atoms with E-state index in [2.05, 4.69) is 0 Å². The van der Waals surface area contributed by atoms with E-state index in [0.29, 0.717) is 17.8 Å². The van der Waals surface area contributed by atoms with Crippen molar-refractivity contribution in [3.05, 3.63) is 54.1 Å². The summed E-state index contributed by atoms with van der Waals surface area (Å²) in [6.45, 7) is 2.65. The van der Waals surface area contributed by atoms with E-state index in [4.69, 9.17) is 5.73 Å². The molecule has 2 aromatic rings. The van der Waals surface area contributed by atoms with Gasteiger partial charge in [0.05, 0.1) is 0 Å². The standard InChI is InChI=1S/C16H18N2O2/c1-2-11-18(14-7-5-13(17)6-8-14)16(20)12-3-9-15(19)10-4-12/h3-10,19H,2,11,17H2,1H3. The molecule has 0 fully saturated rings. The molecule has 1 amide bonds. The van der Waals surface area contributed by atoms with Crippen LogP contribution in [-0.4, -0.2) is 17.6 Å². The Morgan fingerprint density at radius 2 is 1.70 bits per heavy atom. The molecule has 104 valence electrons. The molecule has 0 bridgehead atoms. The van der Waals surface area contributed by atoms with Crippen molar-refractivity contribution in [2.75, 3.05) is 17.2 Å². The zero-order valence-corrected chi connectivity index (χ0v) is 11.4. The first kappa shape index (κ1) is 13.9. The summed E-state index contributed by atoms with van der Waals surface area (Å²) in [6, 6.07) is 13.5. The van der Waals surface area contributed by atoms with Crippen LogP contribution in [0, 0.1) is 0 Å². The largest absolute Gasteiger partial charge is 0.508 e. The van der Waals surface area contributed by atoms with Gasteiger partial charge in [-0.05, 0) is 55.0 Å². The lowest BCUT2D eigenvalue weighted by Gasteiger charge is -2.22. The van der Waals surface area contributed by atoms with Crippen molar-refractivity contribution in [2.24, 2.45) is 0 Å². The van der Waals surface area contributed by atoms with Crippen molar-refractivity contribution in [3.63, 3.8) is 0 Å². The number of nitrogens with zero attached hydrogens (tertiary/aromatic N) is 1. The molecule has 0 aliphatic carbocycles. The van der Waals surface area contributed by atoms with Crippen molar-refractivity contribution in [1.29, 1.82) is 0 Å². The van der Waals surface area contributed by atoms with Gasteiger partial charge < -0.3 is 15.7 Å². The Labute approximate surface area is 118 Å². The maximum absolute atomic E-state index is 12.5. The van der Waals surface area contributed by atoms with Gasteiger partial charge in [-0.15, -0.1) is 0 Å². The Kier molecular flexibility index (Phi) is 4.25. The van der Waals surface area contributed by atoms with Crippen LogP contribution in [-0.2, 0) is 0 Å². The lowest BCUT2D eigenvalue weighted by atomic mass is 10.1. The van der Waals surface area contributed by atoms with E-state index in [1.54, 1.807) is 29.2 Å². The number of carbonyl (C=O) groups excluding carboxylic acids is 1. The van der Waals surface area contributed by atoms with E-state index < -0.39 is 0 Å². The second-order valence-corrected chi connectivity index (χ2v) is 4.60. The summed E-state index contributed by atoms with van der Waals surface area (Å²) < 4.78 is 0. The van der Waals surface area contributed by atoms with Crippen LogP contribution < -0.4 is 10.6 Å². The number of anilines is 2. The summed E-state index contributed by atoms with van der Waals surface area (Å²) in [5.41, 5.74) is 7.71. The van der Waals surface area contributed by atoms with Gasteiger partial charge in [-0.2, -0.15) is 0 Å². The van der Waals surface area contributed by atoms with E-state index in [0.717, 1.165) is 12.1 Å². The first-order chi connectivity index (χ1) is 9.61. The zero-order chi connectivity index (χ0) is 14.5. The fourth-order valence-corrected chi connectivity index (χ4v) is 1.99. The number of benzene rings is 2. The Morgan fingerprint density at radius 1 is 1.10 bits per heavy atom. The SMILES string of the molecule is CCCN(C(=O)c1ccc(O)cc1)c1ccc(N)cc1. The van der Waals surface area contributed by atoms with Crippen molar-refractivity contribution >= 4 is 17.3 Å². The van der Waals surface area contributed by atoms with E-state index in [-0.39, 0.29) is 11.7 Å². The Hall–Kier alpha value is -2.49. The molecule has 0 aliphatic rings. The number of amides is 1. The molecule has 2 aromatic carbocycles. The van der Waals surface area contributed by atoms with Gasteiger partial charge in [0.15, 0.2) is 0 Å². The zero-order valence-electron chi connectivity index (χ0n) is 11.4. The van der Waals surface area contributed by atoms with Gasteiger partial charge >= 0.3 is 0 Å². The molecule has 0 aliphatic heterocycles. The lowest BCUT2D eigenvalue weighted by molar-refractivity contribution is 0.0987. The molecule has 2 rings (SSSR count). The molecule has 0 unspecified atom stereocenters. The summed E-state index contributed by atoms with van der Waals surface area (Å²) in [7, 11) is 0. The Balaban J connectivity index is 2.30. The molecule has 20 heavy (non-hydrogen) atoms. The topological polar surface area (TPSA) is 66.6 Å². The van der Waals surface area contributed by atoms with Crippen molar-refractivity contribution in [3.8, 4) is 5.75 Å². The molecular formula is C16H18N2O2. The van der Waals surface area contributed by atoms with E-state index in [1.807, 2.05) is 19.1 Å². The third kappa shape index (κ3) is 3.09. The van der Waals surface area contributed by atoms with Crippen molar-refractivity contribution in [2.45, 2.75) is 13.3 Å². The maximum Gasteiger partial charge on any atom is 0.258 e.